The van der Waals surface area contributed by atoms with Crippen molar-refractivity contribution >= 4 is 21.6 Å². The fourth-order valence-electron chi connectivity index (χ4n) is 2.47. The lowest BCUT2D eigenvalue weighted by atomic mass is 10.1. The zero-order valence-electron chi connectivity index (χ0n) is 12.0. The maximum absolute atomic E-state index is 6.15. The maximum atomic E-state index is 6.15. The Hall–Kier alpha value is -2.07. The van der Waals surface area contributed by atoms with Gasteiger partial charge in [-0.15, -0.1) is 0 Å². The van der Waals surface area contributed by atoms with Crippen molar-refractivity contribution in [2.45, 2.75) is 13.8 Å². The van der Waals surface area contributed by atoms with Crippen molar-refractivity contribution in [3.05, 3.63) is 64.3 Å². The second kappa shape index (κ2) is 5.37. The van der Waals surface area contributed by atoms with Gasteiger partial charge < -0.3 is 5.73 Å². The Morgan fingerprint density at radius 3 is 2.38 bits per heavy atom. The van der Waals surface area contributed by atoms with Crippen LogP contribution in [0.5, 0.6) is 0 Å². The summed E-state index contributed by atoms with van der Waals surface area (Å²) in [6, 6.07) is 14.3. The number of aromatic nitrogens is 2. The largest absolute Gasteiger partial charge is 0.396 e. The summed E-state index contributed by atoms with van der Waals surface area (Å²) >= 11 is 3.55. The van der Waals surface area contributed by atoms with Crippen LogP contribution in [0.1, 0.15) is 11.1 Å². The molecular formula is C17H16BrN3. The molecule has 4 heteroatoms. The molecule has 0 atom stereocenters. The van der Waals surface area contributed by atoms with Crippen LogP contribution in [0.4, 0.5) is 5.69 Å². The van der Waals surface area contributed by atoms with Crippen LogP contribution in [0.2, 0.25) is 0 Å². The van der Waals surface area contributed by atoms with Gasteiger partial charge in [-0.05, 0) is 43.2 Å². The lowest BCUT2D eigenvalue weighted by Gasteiger charge is -2.05. The third-order valence-corrected chi connectivity index (χ3v) is 4.03. The molecule has 2 N–H and O–H groups in total. The molecule has 0 fully saturated rings. The highest BCUT2D eigenvalue weighted by atomic mass is 79.9. The second-order valence-electron chi connectivity index (χ2n) is 5.20. The molecule has 0 saturated heterocycles. The summed E-state index contributed by atoms with van der Waals surface area (Å²) in [5, 5.41) is 4.65. The maximum Gasteiger partial charge on any atom is 0.117 e. The lowest BCUT2D eigenvalue weighted by molar-refractivity contribution is 0.881. The zero-order chi connectivity index (χ0) is 15.0. The smallest absolute Gasteiger partial charge is 0.117 e. The first-order valence-corrected chi connectivity index (χ1v) is 7.52. The number of hydrogen-bond acceptors (Lipinski definition) is 2. The van der Waals surface area contributed by atoms with E-state index in [1.807, 2.05) is 35.1 Å². The van der Waals surface area contributed by atoms with Crippen molar-refractivity contribution in [1.82, 2.24) is 9.78 Å². The van der Waals surface area contributed by atoms with Crippen LogP contribution in [0.25, 0.3) is 16.9 Å². The van der Waals surface area contributed by atoms with Crippen LogP contribution in [-0.4, -0.2) is 9.78 Å². The average molecular weight is 342 g/mol. The molecule has 1 aromatic heterocycles. The van der Waals surface area contributed by atoms with Crippen LogP contribution in [0, 0.1) is 13.8 Å². The highest BCUT2D eigenvalue weighted by Gasteiger charge is 2.12. The first-order valence-electron chi connectivity index (χ1n) is 6.73. The Kier molecular flexibility index (Phi) is 3.55. The number of aryl methyl sites for hydroxylation is 2. The van der Waals surface area contributed by atoms with Gasteiger partial charge in [0.1, 0.15) is 5.69 Å². The Labute approximate surface area is 132 Å². The van der Waals surface area contributed by atoms with E-state index in [9.17, 15) is 0 Å². The summed E-state index contributed by atoms with van der Waals surface area (Å²) in [6.07, 6.45) is 1.86. The molecule has 106 valence electrons. The molecule has 21 heavy (non-hydrogen) atoms. The van der Waals surface area contributed by atoms with E-state index >= 15 is 0 Å². The van der Waals surface area contributed by atoms with Gasteiger partial charge in [0, 0.05) is 10.0 Å². The molecular weight excluding hydrogens is 326 g/mol. The molecule has 3 aromatic rings. The van der Waals surface area contributed by atoms with E-state index in [2.05, 4.69) is 53.1 Å². The third-order valence-electron chi connectivity index (χ3n) is 3.34. The number of hydrogen-bond donors (Lipinski definition) is 1. The van der Waals surface area contributed by atoms with Gasteiger partial charge in [-0.3, -0.25) is 0 Å². The van der Waals surface area contributed by atoms with E-state index in [-0.39, 0.29) is 0 Å². The van der Waals surface area contributed by atoms with E-state index in [0.29, 0.717) is 5.69 Å². The molecule has 1 heterocycles. The van der Waals surface area contributed by atoms with Crippen LogP contribution in [0.15, 0.2) is 53.1 Å². The van der Waals surface area contributed by atoms with Crippen molar-refractivity contribution in [3.8, 4) is 16.9 Å². The fourth-order valence-corrected chi connectivity index (χ4v) is 2.94. The summed E-state index contributed by atoms with van der Waals surface area (Å²) < 4.78 is 2.83. The molecule has 0 saturated carbocycles. The Balaban J connectivity index is 2.12. The van der Waals surface area contributed by atoms with Crippen LogP contribution >= 0.6 is 15.9 Å². The standard InChI is InChI=1S/C17H16BrN3/c1-11-7-12(2)9-13(8-11)21-10-16(19)17(20-21)14-5-3-4-6-15(14)18/h3-10H,19H2,1-2H3. The van der Waals surface area contributed by atoms with Gasteiger partial charge in [0.05, 0.1) is 17.6 Å². The Bertz CT molecular complexity index is 785. The van der Waals surface area contributed by atoms with Gasteiger partial charge in [-0.2, -0.15) is 5.10 Å². The van der Waals surface area contributed by atoms with E-state index in [0.717, 1.165) is 21.4 Å². The number of halogens is 1. The van der Waals surface area contributed by atoms with Crippen molar-refractivity contribution < 1.29 is 0 Å². The molecule has 0 bridgehead atoms. The summed E-state index contributed by atoms with van der Waals surface area (Å²) in [6.45, 7) is 4.16. The quantitative estimate of drug-likeness (QED) is 0.745. The SMILES string of the molecule is Cc1cc(C)cc(-n2cc(N)c(-c3ccccc3Br)n2)c1. The molecule has 0 unspecified atom stereocenters. The first-order chi connectivity index (χ1) is 10.0. The first kappa shape index (κ1) is 13.9. The topological polar surface area (TPSA) is 43.8 Å². The number of nitrogen functional groups attached to an aromatic ring is 1. The number of benzene rings is 2. The lowest BCUT2D eigenvalue weighted by Crippen LogP contribution is -1.96. The summed E-state index contributed by atoms with van der Waals surface area (Å²) in [5.74, 6) is 0. The minimum absolute atomic E-state index is 0.668. The Morgan fingerprint density at radius 1 is 1.05 bits per heavy atom. The van der Waals surface area contributed by atoms with Gasteiger partial charge in [-0.25, -0.2) is 4.68 Å². The van der Waals surface area contributed by atoms with Crippen molar-refractivity contribution in [3.63, 3.8) is 0 Å². The fraction of sp³-hybridized carbons (Fsp3) is 0.118. The number of anilines is 1. The Morgan fingerprint density at radius 2 is 1.71 bits per heavy atom. The van der Waals surface area contributed by atoms with Crippen LogP contribution < -0.4 is 5.73 Å². The number of nitrogens with zero attached hydrogens (tertiary/aromatic N) is 2. The molecule has 0 spiro atoms. The molecule has 0 radical (unpaired) electrons. The minimum Gasteiger partial charge on any atom is -0.396 e. The van der Waals surface area contributed by atoms with E-state index in [4.69, 9.17) is 5.73 Å². The predicted octanol–water partition coefficient (Wildman–Crippen LogP) is 4.50. The van der Waals surface area contributed by atoms with Gasteiger partial charge >= 0.3 is 0 Å². The molecule has 0 aliphatic carbocycles. The number of rotatable bonds is 2. The molecule has 0 aliphatic heterocycles. The third kappa shape index (κ3) is 2.72. The molecule has 3 nitrogen and oxygen atoms in total. The van der Waals surface area contributed by atoms with Crippen molar-refractivity contribution in [2.24, 2.45) is 0 Å². The van der Waals surface area contributed by atoms with E-state index in [1.165, 1.54) is 11.1 Å². The van der Waals surface area contributed by atoms with Crippen molar-refractivity contribution in [2.75, 3.05) is 5.73 Å². The van der Waals surface area contributed by atoms with Gasteiger partial charge in [-0.1, -0.05) is 40.2 Å². The highest BCUT2D eigenvalue weighted by molar-refractivity contribution is 9.10. The molecule has 0 aliphatic rings. The molecule has 3 rings (SSSR count). The summed E-state index contributed by atoms with van der Waals surface area (Å²) in [4.78, 5) is 0. The zero-order valence-corrected chi connectivity index (χ0v) is 13.6. The van der Waals surface area contributed by atoms with E-state index < -0.39 is 0 Å². The highest BCUT2D eigenvalue weighted by Crippen LogP contribution is 2.31. The molecule has 0 amide bonds. The monoisotopic (exact) mass is 341 g/mol. The minimum atomic E-state index is 0.668. The number of nitrogens with two attached hydrogens (primary N) is 1. The van der Waals surface area contributed by atoms with E-state index in [1.54, 1.807) is 0 Å². The normalized spacial score (nSPS) is 10.8. The van der Waals surface area contributed by atoms with Crippen molar-refractivity contribution in [1.29, 1.82) is 0 Å². The van der Waals surface area contributed by atoms with Gasteiger partial charge in [0.15, 0.2) is 0 Å². The van der Waals surface area contributed by atoms with Crippen LogP contribution in [0.3, 0.4) is 0 Å². The average Bonchev–Trinajstić information content (AvgIpc) is 2.80. The summed E-state index contributed by atoms with van der Waals surface area (Å²) in [7, 11) is 0. The predicted molar refractivity (Wildman–Crippen MR) is 90.6 cm³/mol. The van der Waals surface area contributed by atoms with Gasteiger partial charge in [0.2, 0.25) is 0 Å². The summed E-state index contributed by atoms with van der Waals surface area (Å²) in [5.41, 5.74) is 12.1. The second-order valence-corrected chi connectivity index (χ2v) is 6.06. The van der Waals surface area contributed by atoms with Crippen LogP contribution in [-0.2, 0) is 0 Å². The molecule has 2 aromatic carbocycles. The van der Waals surface area contributed by atoms with Gasteiger partial charge in [0.25, 0.3) is 0 Å².